The number of allylic oxidation sites excluding steroid dienone is 1. The van der Waals surface area contributed by atoms with Crippen LogP contribution in [0.5, 0.6) is 5.75 Å². The number of amides is 1. The van der Waals surface area contributed by atoms with Gasteiger partial charge < -0.3 is 20.3 Å². The topological polar surface area (TPSA) is 103 Å². The second-order valence-electron chi connectivity index (χ2n) is 7.59. The number of ether oxygens (including phenoxy) is 1. The lowest BCUT2D eigenvalue weighted by Gasteiger charge is -2.31. The number of fused-ring (bicyclic) bond motifs is 1. The van der Waals surface area contributed by atoms with Gasteiger partial charge in [0.15, 0.2) is 5.75 Å². The molecular formula is C22H24N6O2. The molecule has 0 aliphatic carbocycles. The van der Waals surface area contributed by atoms with Gasteiger partial charge in [0.25, 0.3) is 0 Å². The minimum Gasteiger partial charge on any atom is -0.437 e. The number of rotatable bonds is 4. The average molecular weight is 404 g/mol. The number of aryl methyl sites for hydroxylation is 1. The van der Waals surface area contributed by atoms with Crippen molar-refractivity contribution in [1.29, 1.82) is 5.26 Å². The van der Waals surface area contributed by atoms with Gasteiger partial charge in [-0.25, -0.2) is 9.97 Å². The van der Waals surface area contributed by atoms with E-state index in [-0.39, 0.29) is 5.91 Å². The van der Waals surface area contributed by atoms with Crippen molar-refractivity contribution >= 4 is 23.1 Å². The van der Waals surface area contributed by atoms with Crippen molar-refractivity contribution in [2.24, 2.45) is 5.92 Å². The van der Waals surface area contributed by atoms with E-state index in [1.165, 1.54) is 0 Å². The van der Waals surface area contributed by atoms with Crippen LogP contribution in [0, 0.1) is 24.2 Å². The third kappa shape index (κ3) is 4.06. The lowest BCUT2D eigenvalue weighted by atomic mass is 9.97. The summed E-state index contributed by atoms with van der Waals surface area (Å²) < 4.78 is 5.83. The first-order valence-electron chi connectivity index (χ1n) is 10.1. The molecule has 0 spiro atoms. The molecule has 1 saturated heterocycles. The van der Waals surface area contributed by atoms with Gasteiger partial charge in [-0.3, -0.25) is 4.79 Å². The Balaban J connectivity index is 1.48. The van der Waals surface area contributed by atoms with Gasteiger partial charge in [-0.2, -0.15) is 5.26 Å². The van der Waals surface area contributed by atoms with E-state index in [0.29, 0.717) is 34.8 Å². The van der Waals surface area contributed by atoms with Crippen molar-refractivity contribution in [1.82, 2.24) is 14.9 Å². The second-order valence-corrected chi connectivity index (χ2v) is 7.59. The van der Waals surface area contributed by atoms with E-state index < -0.39 is 0 Å². The van der Waals surface area contributed by atoms with Gasteiger partial charge in [-0.15, -0.1) is 0 Å². The Hall–Kier alpha value is -3.60. The predicted octanol–water partition coefficient (Wildman–Crippen LogP) is 3.15. The monoisotopic (exact) mass is 404 g/mol. The first-order chi connectivity index (χ1) is 14.5. The number of piperidine rings is 1. The molecule has 2 aliphatic heterocycles. The minimum absolute atomic E-state index is 0.134. The molecule has 8 heteroatoms. The Morgan fingerprint density at radius 1 is 1.37 bits per heavy atom. The quantitative estimate of drug-likeness (QED) is 0.755. The highest BCUT2D eigenvalue weighted by Crippen LogP contribution is 2.35. The molecule has 4 rings (SSSR count). The molecule has 154 valence electrons. The van der Waals surface area contributed by atoms with E-state index in [4.69, 9.17) is 4.74 Å². The Labute approximate surface area is 175 Å². The van der Waals surface area contributed by atoms with E-state index in [0.717, 1.165) is 43.7 Å². The summed E-state index contributed by atoms with van der Waals surface area (Å²) in [6.07, 6.45) is 3.62. The largest absolute Gasteiger partial charge is 0.437 e. The third-order valence-electron chi connectivity index (χ3n) is 5.50. The fourth-order valence-corrected chi connectivity index (χ4v) is 3.71. The minimum atomic E-state index is 0.134. The normalized spacial score (nSPS) is 17.4. The van der Waals surface area contributed by atoms with Crippen LogP contribution in [0.2, 0.25) is 0 Å². The SMILES string of the molecule is CC(=O)N1CCC(CNc2ncc(C)c(/C(C#N)=C3/Nc4ccccc4O3)n2)CC1. The molecule has 0 radical (unpaired) electrons. The maximum atomic E-state index is 11.5. The molecule has 1 aromatic carbocycles. The zero-order chi connectivity index (χ0) is 21.1. The number of nitriles is 1. The summed E-state index contributed by atoms with van der Waals surface area (Å²) in [5.41, 5.74) is 2.49. The summed E-state index contributed by atoms with van der Waals surface area (Å²) in [4.78, 5) is 22.3. The zero-order valence-corrected chi connectivity index (χ0v) is 17.1. The summed E-state index contributed by atoms with van der Waals surface area (Å²) in [6, 6.07) is 9.76. The van der Waals surface area contributed by atoms with Crippen LogP contribution in [0.25, 0.3) is 5.57 Å². The number of para-hydroxylation sites is 2. The van der Waals surface area contributed by atoms with Gasteiger partial charge in [0.05, 0.1) is 11.4 Å². The van der Waals surface area contributed by atoms with Gasteiger partial charge in [0.2, 0.25) is 17.7 Å². The summed E-state index contributed by atoms with van der Waals surface area (Å²) >= 11 is 0. The molecule has 3 heterocycles. The number of aromatic nitrogens is 2. The van der Waals surface area contributed by atoms with E-state index in [1.54, 1.807) is 13.1 Å². The van der Waals surface area contributed by atoms with Gasteiger partial charge in [-0.1, -0.05) is 12.1 Å². The van der Waals surface area contributed by atoms with E-state index >= 15 is 0 Å². The van der Waals surface area contributed by atoms with Crippen LogP contribution in [0.1, 0.15) is 31.0 Å². The van der Waals surface area contributed by atoms with Gasteiger partial charge in [0.1, 0.15) is 11.6 Å². The second kappa shape index (κ2) is 8.41. The molecule has 1 fully saturated rings. The first kappa shape index (κ1) is 19.7. The van der Waals surface area contributed by atoms with E-state index in [1.807, 2.05) is 36.1 Å². The van der Waals surface area contributed by atoms with Gasteiger partial charge >= 0.3 is 0 Å². The lowest BCUT2D eigenvalue weighted by Crippen LogP contribution is -2.38. The number of nitrogens with one attached hydrogen (secondary N) is 2. The van der Waals surface area contributed by atoms with Crippen LogP contribution in [0.3, 0.4) is 0 Å². The maximum Gasteiger partial charge on any atom is 0.223 e. The predicted molar refractivity (Wildman–Crippen MR) is 113 cm³/mol. The van der Waals surface area contributed by atoms with Crippen LogP contribution >= 0.6 is 0 Å². The molecule has 0 saturated carbocycles. The molecule has 8 nitrogen and oxygen atoms in total. The standard InChI is InChI=1S/C22H24N6O2/c1-14-12-24-22(25-13-16-7-9-28(10-8-16)15(2)29)27-20(14)17(11-23)21-26-18-5-3-4-6-19(18)30-21/h3-6,12,16,26H,7-10,13H2,1-2H3,(H,24,25,27)/b21-17-. The third-order valence-corrected chi connectivity index (χ3v) is 5.50. The van der Waals surface area contributed by atoms with Crippen LogP contribution in [0.4, 0.5) is 11.6 Å². The molecule has 1 aromatic heterocycles. The summed E-state index contributed by atoms with van der Waals surface area (Å²) in [6.45, 7) is 5.79. The van der Waals surface area contributed by atoms with Crippen molar-refractivity contribution < 1.29 is 9.53 Å². The Kier molecular flexibility index (Phi) is 5.53. The number of likely N-dealkylation sites (tertiary alicyclic amines) is 1. The van der Waals surface area contributed by atoms with Crippen LogP contribution < -0.4 is 15.4 Å². The molecule has 30 heavy (non-hydrogen) atoms. The lowest BCUT2D eigenvalue weighted by molar-refractivity contribution is -0.130. The van der Waals surface area contributed by atoms with Crippen LogP contribution in [-0.2, 0) is 4.79 Å². The Morgan fingerprint density at radius 3 is 2.83 bits per heavy atom. The highest BCUT2D eigenvalue weighted by molar-refractivity contribution is 5.83. The zero-order valence-electron chi connectivity index (χ0n) is 17.1. The van der Waals surface area contributed by atoms with Crippen molar-refractivity contribution in [3.05, 3.63) is 47.6 Å². The molecular weight excluding hydrogens is 380 g/mol. The van der Waals surface area contributed by atoms with Crippen molar-refractivity contribution in [2.45, 2.75) is 26.7 Å². The number of hydrogen-bond acceptors (Lipinski definition) is 7. The van der Waals surface area contributed by atoms with Crippen LogP contribution in [0.15, 0.2) is 36.3 Å². The molecule has 0 bridgehead atoms. The number of anilines is 2. The van der Waals surface area contributed by atoms with Gasteiger partial charge in [-0.05, 0) is 43.4 Å². The number of carbonyl (C=O) groups is 1. The molecule has 0 atom stereocenters. The molecule has 0 unspecified atom stereocenters. The summed E-state index contributed by atoms with van der Waals surface area (Å²) in [7, 11) is 0. The highest BCUT2D eigenvalue weighted by Gasteiger charge is 2.24. The Bertz CT molecular complexity index is 1010. The van der Waals surface area contributed by atoms with E-state index in [2.05, 4.69) is 26.7 Å². The Morgan fingerprint density at radius 2 is 2.13 bits per heavy atom. The number of benzene rings is 1. The maximum absolute atomic E-state index is 11.5. The first-order valence-corrected chi connectivity index (χ1v) is 10.1. The van der Waals surface area contributed by atoms with Crippen molar-refractivity contribution in [3.63, 3.8) is 0 Å². The summed E-state index contributed by atoms with van der Waals surface area (Å²) in [5.74, 6) is 2.13. The number of nitrogens with zero attached hydrogens (tertiary/aromatic N) is 4. The van der Waals surface area contributed by atoms with Crippen molar-refractivity contribution in [2.75, 3.05) is 30.3 Å². The fraction of sp³-hybridized carbons (Fsp3) is 0.364. The molecule has 2 aromatic rings. The molecule has 2 N–H and O–H groups in total. The molecule has 2 aliphatic rings. The molecule has 1 amide bonds. The number of carbonyl (C=O) groups excluding carboxylic acids is 1. The smallest absolute Gasteiger partial charge is 0.223 e. The van der Waals surface area contributed by atoms with Crippen LogP contribution in [-0.4, -0.2) is 40.4 Å². The highest BCUT2D eigenvalue weighted by atomic mass is 16.5. The summed E-state index contributed by atoms with van der Waals surface area (Å²) in [5, 5.41) is 16.2. The number of hydrogen-bond donors (Lipinski definition) is 2. The van der Waals surface area contributed by atoms with E-state index in [9.17, 15) is 10.1 Å². The van der Waals surface area contributed by atoms with Crippen molar-refractivity contribution in [3.8, 4) is 11.8 Å². The fourth-order valence-electron chi connectivity index (χ4n) is 3.71. The van der Waals surface area contributed by atoms with Gasteiger partial charge in [0, 0.05) is 32.8 Å². The average Bonchev–Trinajstić information content (AvgIpc) is 3.18.